The van der Waals surface area contributed by atoms with Crippen molar-refractivity contribution in [3.63, 3.8) is 0 Å². The lowest BCUT2D eigenvalue weighted by Crippen LogP contribution is -2.34. The van der Waals surface area contributed by atoms with Gasteiger partial charge < -0.3 is 15.0 Å². The molecular formula is C15H30N2O. The second-order valence-electron chi connectivity index (χ2n) is 6.14. The Hall–Kier alpha value is -0.120. The first-order chi connectivity index (χ1) is 8.78. The predicted octanol–water partition coefficient (Wildman–Crippen LogP) is 2.27. The highest BCUT2D eigenvalue weighted by Gasteiger charge is 2.26. The highest BCUT2D eigenvalue weighted by Crippen LogP contribution is 2.26. The van der Waals surface area contributed by atoms with Crippen LogP contribution in [0.1, 0.15) is 45.4 Å². The van der Waals surface area contributed by atoms with E-state index in [1.807, 2.05) is 0 Å². The lowest BCUT2D eigenvalue weighted by atomic mass is 10.1. The van der Waals surface area contributed by atoms with Crippen molar-refractivity contribution < 1.29 is 4.74 Å². The molecule has 1 aliphatic heterocycles. The number of likely N-dealkylation sites (N-methyl/N-ethyl adjacent to an activating group) is 2. The minimum Gasteiger partial charge on any atom is -0.372 e. The van der Waals surface area contributed by atoms with Gasteiger partial charge in [0.2, 0.25) is 0 Å². The summed E-state index contributed by atoms with van der Waals surface area (Å²) in [4.78, 5) is 2.50. The summed E-state index contributed by atoms with van der Waals surface area (Å²) in [6.45, 7) is 6.63. The fourth-order valence-corrected chi connectivity index (χ4v) is 3.43. The molecule has 1 saturated heterocycles. The number of rotatable bonds is 7. The van der Waals surface area contributed by atoms with Crippen LogP contribution < -0.4 is 5.32 Å². The summed E-state index contributed by atoms with van der Waals surface area (Å²) in [6, 6.07) is 0. The molecule has 0 aromatic heterocycles. The maximum Gasteiger partial charge on any atom is 0.0707 e. The van der Waals surface area contributed by atoms with Gasteiger partial charge in [-0.3, -0.25) is 0 Å². The van der Waals surface area contributed by atoms with Crippen LogP contribution in [0, 0.1) is 5.92 Å². The van der Waals surface area contributed by atoms with E-state index in [0.29, 0.717) is 12.2 Å². The van der Waals surface area contributed by atoms with Crippen LogP contribution in [0.4, 0.5) is 0 Å². The van der Waals surface area contributed by atoms with Crippen molar-refractivity contribution in [2.75, 3.05) is 33.2 Å². The molecule has 106 valence electrons. The molecule has 0 amide bonds. The smallest absolute Gasteiger partial charge is 0.0707 e. The Morgan fingerprint density at radius 3 is 2.50 bits per heavy atom. The quantitative estimate of drug-likeness (QED) is 0.754. The molecule has 0 aromatic carbocycles. The molecule has 3 nitrogen and oxygen atoms in total. The highest BCUT2D eigenvalue weighted by atomic mass is 16.5. The van der Waals surface area contributed by atoms with Crippen LogP contribution in [0.3, 0.4) is 0 Å². The fraction of sp³-hybridized carbons (Fsp3) is 1.00. The summed E-state index contributed by atoms with van der Waals surface area (Å²) < 4.78 is 6.09. The van der Waals surface area contributed by atoms with Gasteiger partial charge in [-0.05, 0) is 45.2 Å². The first-order valence-electron chi connectivity index (χ1n) is 7.82. The van der Waals surface area contributed by atoms with Gasteiger partial charge in [0.25, 0.3) is 0 Å². The summed E-state index contributed by atoms with van der Waals surface area (Å²) in [6.07, 6.45) is 9.18. The number of nitrogens with zero attached hydrogens (tertiary/aromatic N) is 1. The Labute approximate surface area is 112 Å². The van der Waals surface area contributed by atoms with Gasteiger partial charge in [0, 0.05) is 19.6 Å². The second-order valence-corrected chi connectivity index (χ2v) is 6.14. The Bertz CT molecular complexity index is 229. The first kappa shape index (κ1) is 14.3. The molecule has 2 aliphatic rings. The average molecular weight is 254 g/mol. The predicted molar refractivity (Wildman–Crippen MR) is 75.9 cm³/mol. The summed E-state index contributed by atoms with van der Waals surface area (Å²) >= 11 is 0. The van der Waals surface area contributed by atoms with Crippen LogP contribution in [0.15, 0.2) is 0 Å². The van der Waals surface area contributed by atoms with Crippen molar-refractivity contribution in [1.82, 2.24) is 10.2 Å². The maximum atomic E-state index is 6.09. The molecular weight excluding hydrogens is 224 g/mol. The van der Waals surface area contributed by atoms with Crippen molar-refractivity contribution in [2.24, 2.45) is 5.92 Å². The van der Waals surface area contributed by atoms with Gasteiger partial charge in [0.05, 0.1) is 12.2 Å². The van der Waals surface area contributed by atoms with E-state index in [1.54, 1.807) is 0 Å². The standard InChI is InChI=1S/C15H30N2O/c1-3-16-10-14-8-9-15(18-14)12-17(2)11-13-6-4-5-7-13/h13-16H,3-12H2,1-2H3. The van der Waals surface area contributed by atoms with Crippen LogP contribution in [0.25, 0.3) is 0 Å². The van der Waals surface area contributed by atoms with E-state index in [-0.39, 0.29) is 0 Å². The van der Waals surface area contributed by atoms with Crippen LogP contribution in [-0.2, 0) is 4.74 Å². The maximum absolute atomic E-state index is 6.09. The molecule has 1 heterocycles. The van der Waals surface area contributed by atoms with Gasteiger partial charge in [0.15, 0.2) is 0 Å². The first-order valence-corrected chi connectivity index (χ1v) is 7.82. The summed E-state index contributed by atoms with van der Waals surface area (Å²) in [7, 11) is 2.26. The molecule has 0 radical (unpaired) electrons. The molecule has 0 bridgehead atoms. The number of hydrogen-bond donors (Lipinski definition) is 1. The molecule has 3 heteroatoms. The Morgan fingerprint density at radius 2 is 1.78 bits per heavy atom. The molecule has 18 heavy (non-hydrogen) atoms. The molecule has 1 N–H and O–H groups in total. The van der Waals surface area contributed by atoms with Crippen LogP contribution in [0.5, 0.6) is 0 Å². The van der Waals surface area contributed by atoms with E-state index in [9.17, 15) is 0 Å². The third-order valence-electron chi connectivity index (χ3n) is 4.38. The molecule has 2 unspecified atom stereocenters. The summed E-state index contributed by atoms with van der Waals surface area (Å²) in [5, 5.41) is 3.38. The Balaban J connectivity index is 1.61. The molecule has 0 aromatic rings. The van der Waals surface area contributed by atoms with Crippen LogP contribution >= 0.6 is 0 Å². The number of nitrogens with one attached hydrogen (secondary N) is 1. The molecule has 2 atom stereocenters. The minimum absolute atomic E-state index is 0.454. The van der Waals surface area contributed by atoms with Crippen molar-refractivity contribution in [2.45, 2.75) is 57.7 Å². The van der Waals surface area contributed by atoms with Gasteiger partial charge >= 0.3 is 0 Å². The zero-order chi connectivity index (χ0) is 12.8. The van der Waals surface area contributed by atoms with Gasteiger partial charge in [-0.1, -0.05) is 19.8 Å². The van der Waals surface area contributed by atoms with Crippen molar-refractivity contribution in [3.05, 3.63) is 0 Å². The monoisotopic (exact) mass is 254 g/mol. The van der Waals surface area contributed by atoms with E-state index in [4.69, 9.17) is 4.74 Å². The Kier molecular flexibility index (Phi) is 5.93. The highest BCUT2D eigenvalue weighted by molar-refractivity contribution is 4.78. The van der Waals surface area contributed by atoms with E-state index in [2.05, 4.69) is 24.2 Å². The normalized spacial score (nSPS) is 29.5. The SMILES string of the molecule is CCNCC1CCC(CN(C)CC2CCCC2)O1. The minimum atomic E-state index is 0.454. The van der Waals surface area contributed by atoms with E-state index in [0.717, 1.165) is 25.6 Å². The third-order valence-corrected chi connectivity index (χ3v) is 4.38. The van der Waals surface area contributed by atoms with Gasteiger partial charge in [-0.2, -0.15) is 0 Å². The topological polar surface area (TPSA) is 24.5 Å². The lowest BCUT2D eigenvalue weighted by molar-refractivity contribution is 0.0260. The largest absolute Gasteiger partial charge is 0.372 e. The molecule has 1 saturated carbocycles. The van der Waals surface area contributed by atoms with Crippen molar-refractivity contribution >= 4 is 0 Å². The van der Waals surface area contributed by atoms with Crippen LogP contribution in [-0.4, -0.2) is 50.3 Å². The van der Waals surface area contributed by atoms with E-state index in [1.165, 1.54) is 45.1 Å². The average Bonchev–Trinajstić information content (AvgIpc) is 2.98. The van der Waals surface area contributed by atoms with E-state index < -0.39 is 0 Å². The molecule has 2 fully saturated rings. The summed E-state index contributed by atoms with van der Waals surface area (Å²) in [5.41, 5.74) is 0. The molecule has 1 aliphatic carbocycles. The zero-order valence-corrected chi connectivity index (χ0v) is 12.2. The number of hydrogen-bond acceptors (Lipinski definition) is 3. The van der Waals surface area contributed by atoms with Gasteiger partial charge in [-0.15, -0.1) is 0 Å². The van der Waals surface area contributed by atoms with E-state index >= 15 is 0 Å². The lowest BCUT2D eigenvalue weighted by Gasteiger charge is -2.24. The van der Waals surface area contributed by atoms with Gasteiger partial charge in [-0.25, -0.2) is 0 Å². The Morgan fingerprint density at radius 1 is 1.06 bits per heavy atom. The fourth-order valence-electron chi connectivity index (χ4n) is 3.43. The van der Waals surface area contributed by atoms with Crippen molar-refractivity contribution in [1.29, 1.82) is 0 Å². The second kappa shape index (κ2) is 7.46. The third kappa shape index (κ3) is 4.52. The van der Waals surface area contributed by atoms with Gasteiger partial charge in [0.1, 0.15) is 0 Å². The summed E-state index contributed by atoms with van der Waals surface area (Å²) in [5.74, 6) is 0.953. The zero-order valence-electron chi connectivity index (χ0n) is 12.2. The molecule has 0 spiro atoms. The van der Waals surface area contributed by atoms with Crippen LogP contribution in [0.2, 0.25) is 0 Å². The van der Waals surface area contributed by atoms with Crippen molar-refractivity contribution in [3.8, 4) is 0 Å². The molecule has 2 rings (SSSR count). The number of ether oxygens (including phenoxy) is 1.